The number of nitrogens with two attached hydrogens (primary N) is 1. The number of carbonyl (C=O) groups excluding carboxylic acids is 2. The molecule has 0 heterocycles. The highest BCUT2D eigenvalue weighted by molar-refractivity contribution is 6.32. The second-order valence-corrected chi connectivity index (χ2v) is 5.85. The van der Waals surface area contributed by atoms with Gasteiger partial charge < -0.3 is 20.1 Å². The summed E-state index contributed by atoms with van der Waals surface area (Å²) in [6.07, 6.45) is 0. The summed E-state index contributed by atoms with van der Waals surface area (Å²) in [5.74, 6) is -0.491. The number of ether oxygens (including phenoxy) is 2. The summed E-state index contributed by atoms with van der Waals surface area (Å²) in [5, 5.41) is 0.154. The third-order valence-corrected chi connectivity index (χ3v) is 3.84. The molecule has 6 nitrogen and oxygen atoms in total. The van der Waals surface area contributed by atoms with Gasteiger partial charge in [-0.2, -0.15) is 0 Å². The van der Waals surface area contributed by atoms with E-state index in [0.717, 1.165) is 11.3 Å². The number of hydrogen-bond donors (Lipinski definition) is 1. The standard InChI is InChI=1S/C18H19ClN2O4/c1-11-4-6-13(7-5-11)21(2)18(23)12-8-14(19)17(15(9-12)24-3)25-10-16(20)22/h4-9H,10H2,1-3H3,(H2,20,22). The number of hydrogen-bond acceptors (Lipinski definition) is 4. The van der Waals surface area contributed by atoms with Gasteiger partial charge in [0.1, 0.15) is 0 Å². The lowest BCUT2D eigenvalue weighted by Crippen LogP contribution is -2.26. The predicted octanol–water partition coefficient (Wildman–Crippen LogP) is 2.80. The number of aryl methyl sites for hydroxylation is 1. The summed E-state index contributed by atoms with van der Waals surface area (Å²) >= 11 is 6.18. The van der Waals surface area contributed by atoms with Gasteiger partial charge in [0, 0.05) is 18.3 Å². The SMILES string of the molecule is COc1cc(C(=O)N(C)c2ccc(C)cc2)cc(Cl)c1OCC(N)=O. The van der Waals surface area contributed by atoms with Gasteiger partial charge in [0.25, 0.3) is 11.8 Å². The monoisotopic (exact) mass is 362 g/mol. The fourth-order valence-corrected chi connectivity index (χ4v) is 2.47. The van der Waals surface area contributed by atoms with E-state index < -0.39 is 5.91 Å². The van der Waals surface area contributed by atoms with Crippen LogP contribution in [-0.2, 0) is 4.79 Å². The number of halogens is 1. The first-order valence-corrected chi connectivity index (χ1v) is 7.84. The van der Waals surface area contributed by atoms with Crippen molar-refractivity contribution < 1.29 is 19.1 Å². The molecule has 2 amide bonds. The average Bonchev–Trinajstić information content (AvgIpc) is 2.59. The molecule has 0 atom stereocenters. The minimum atomic E-state index is -0.641. The zero-order valence-electron chi connectivity index (χ0n) is 14.2. The smallest absolute Gasteiger partial charge is 0.258 e. The van der Waals surface area contributed by atoms with Crippen LogP contribution in [0.2, 0.25) is 5.02 Å². The van der Waals surface area contributed by atoms with E-state index in [1.165, 1.54) is 24.1 Å². The summed E-state index contributed by atoms with van der Waals surface area (Å²) in [6.45, 7) is 1.63. The molecule has 0 bridgehead atoms. The largest absolute Gasteiger partial charge is 0.493 e. The van der Waals surface area contributed by atoms with Crippen LogP contribution in [0.15, 0.2) is 36.4 Å². The van der Waals surface area contributed by atoms with Gasteiger partial charge in [0.15, 0.2) is 18.1 Å². The molecule has 2 rings (SSSR count). The van der Waals surface area contributed by atoms with Crippen molar-refractivity contribution in [2.75, 3.05) is 25.7 Å². The Labute approximate surface area is 151 Å². The molecule has 0 unspecified atom stereocenters. The highest BCUT2D eigenvalue weighted by Gasteiger charge is 2.19. The number of rotatable bonds is 6. The third kappa shape index (κ3) is 4.42. The Hall–Kier alpha value is -2.73. The van der Waals surface area contributed by atoms with Gasteiger partial charge in [-0.05, 0) is 31.2 Å². The first-order valence-electron chi connectivity index (χ1n) is 7.47. The van der Waals surface area contributed by atoms with Crippen molar-refractivity contribution in [2.45, 2.75) is 6.92 Å². The van der Waals surface area contributed by atoms with Gasteiger partial charge >= 0.3 is 0 Å². The fourth-order valence-electron chi connectivity index (χ4n) is 2.21. The molecule has 0 aliphatic rings. The molecule has 0 aromatic heterocycles. The van der Waals surface area contributed by atoms with Gasteiger partial charge in [-0.3, -0.25) is 9.59 Å². The van der Waals surface area contributed by atoms with Crippen LogP contribution in [0, 0.1) is 6.92 Å². The molecule has 132 valence electrons. The Bertz CT molecular complexity index is 790. The van der Waals surface area contributed by atoms with Crippen LogP contribution in [0.5, 0.6) is 11.5 Å². The predicted molar refractivity (Wildman–Crippen MR) is 96.6 cm³/mol. The molecule has 0 radical (unpaired) electrons. The zero-order chi connectivity index (χ0) is 18.6. The Balaban J connectivity index is 2.32. The van der Waals surface area contributed by atoms with E-state index in [0.29, 0.717) is 5.56 Å². The van der Waals surface area contributed by atoms with Crippen molar-refractivity contribution in [3.63, 3.8) is 0 Å². The molecule has 0 saturated heterocycles. The maximum atomic E-state index is 12.7. The number of primary amides is 1. The van der Waals surface area contributed by atoms with Gasteiger partial charge in [-0.25, -0.2) is 0 Å². The number of amides is 2. The minimum absolute atomic E-state index is 0.154. The number of benzene rings is 2. The lowest BCUT2D eigenvalue weighted by Gasteiger charge is -2.19. The van der Waals surface area contributed by atoms with Crippen LogP contribution in [0.4, 0.5) is 5.69 Å². The van der Waals surface area contributed by atoms with Crippen LogP contribution >= 0.6 is 11.6 Å². The summed E-state index contributed by atoms with van der Waals surface area (Å²) in [4.78, 5) is 25.1. The minimum Gasteiger partial charge on any atom is -0.493 e. The van der Waals surface area contributed by atoms with E-state index >= 15 is 0 Å². The van der Waals surface area contributed by atoms with E-state index in [1.54, 1.807) is 7.05 Å². The number of carbonyl (C=O) groups is 2. The Morgan fingerprint density at radius 1 is 1.20 bits per heavy atom. The third-order valence-electron chi connectivity index (χ3n) is 3.56. The van der Waals surface area contributed by atoms with Crippen molar-refractivity contribution in [3.8, 4) is 11.5 Å². The van der Waals surface area contributed by atoms with Crippen LogP contribution in [-0.4, -0.2) is 32.6 Å². The van der Waals surface area contributed by atoms with Crippen LogP contribution < -0.4 is 20.1 Å². The van der Waals surface area contributed by atoms with Crippen LogP contribution in [0.25, 0.3) is 0 Å². The second-order valence-electron chi connectivity index (χ2n) is 5.44. The topological polar surface area (TPSA) is 81.9 Å². The number of anilines is 1. The van der Waals surface area contributed by atoms with E-state index in [9.17, 15) is 9.59 Å². The molecule has 0 fully saturated rings. The molecule has 2 aromatic rings. The molecule has 7 heteroatoms. The summed E-state index contributed by atoms with van der Waals surface area (Å²) in [5.41, 5.74) is 7.25. The lowest BCUT2D eigenvalue weighted by molar-refractivity contribution is -0.119. The van der Waals surface area contributed by atoms with Gasteiger partial charge in [0.05, 0.1) is 12.1 Å². The molecule has 25 heavy (non-hydrogen) atoms. The maximum absolute atomic E-state index is 12.7. The Morgan fingerprint density at radius 2 is 1.84 bits per heavy atom. The van der Waals surface area contributed by atoms with E-state index in [2.05, 4.69) is 0 Å². The quantitative estimate of drug-likeness (QED) is 0.856. The second kappa shape index (κ2) is 7.90. The van der Waals surface area contributed by atoms with Gasteiger partial charge in [-0.15, -0.1) is 0 Å². The number of nitrogens with zero attached hydrogens (tertiary/aromatic N) is 1. The van der Waals surface area contributed by atoms with Gasteiger partial charge in [0.2, 0.25) is 0 Å². The first kappa shape index (κ1) is 18.6. The van der Waals surface area contributed by atoms with Crippen molar-refractivity contribution >= 4 is 29.1 Å². The van der Waals surface area contributed by atoms with E-state index in [4.69, 9.17) is 26.8 Å². The Kier molecular flexibility index (Phi) is 5.88. The van der Waals surface area contributed by atoms with Crippen LogP contribution in [0.1, 0.15) is 15.9 Å². The van der Waals surface area contributed by atoms with Gasteiger partial charge in [-0.1, -0.05) is 29.3 Å². The van der Waals surface area contributed by atoms with Crippen LogP contribution in [0.3, 0.4) is 0 Å². The molecular formula is C18H19ClN2O4. The molecule has 2 N–H and O–H groups in total. The Morgan fingerprint density at radius 3 is 2.40 bits per heavy atom. The lowest BCUT2D eigenvalue weighted by atomic mass is 10.1. The average molecular weight is 363 g/mol. The summed E-state index contributed by atoms with van der Waals surface area (Å²) < 4.78 is 10.5. The molecule has 0 aliphatic heterocycles. The molecular weight excluding hydrogens is 344 g/mol. The van der Waals surface area contributed by atoms with Crippen molar-refractivity contribution in [1.82, 2.24) is 0 Å². The molecule has 0 aliphatic carbocycles. The normalized spacial score (nSPS) is 10.2. The highest BCUT2D eigenvalue weighted by Crippen LogP contribution is 2.37. The highest BCUT2D eigenvalue weighted by atomic mass is 35.5. The van der Waals surface area contributed by atoms with E-state index in [1.807, 2.05) is 31.2 Å². The first-order chi connectivity index (χ1) is 11.8. The maximum Gasteiger partial charge on any atom is 0.258 e. The van der Waals surface area contributed by atoms with Crippen molar-refractivity contribution in [1.29, 1.82) is 0 Å². The molecule has 2 aromatic carbocycles. The summed E-state index contributed by atoms with van der Waals surface area (Å²) in [6, 6.07) is 10.5. The molecule has 0 saturated carbocycles. The molecule has 0 spiro atoms. The summed E-state index contributed by atoms with van der Waals surface area (Å²) in [7, 11) is 3.09. The van der Waals surface area contributed by atoms with Crippen molar-refractivity contribution in [2.24, 2.45) is 5.73 Å². The zero-order valence-corrected chi connectivity index (χ0v) is 15.0. The fraction of sp³-hybridized carbons (Fsp3) is 0.222. The van der Waals surface area contributed by atoms with Crippen molar-refractivity contribution in [3.05, 3.63) is 52.5 Å². The van der Waals surface area contributed by atoms with E-state index in [-0.39, 0.29) is 29.0 Å². The number of methoxy groups -OCH3 is 1.